The molecule has 0 aliphatic rings. The van der Waals surface area contributed by atoms with Gasteiger partial charge in [-0.25, -0.2) is 0 Å². The van der Waals surface area contributed by atoms with E-state index in [4.69, 9.17) is 28.1 Å². The second kappa shape index (κ2) is 4.28. The molecule has 1 aromatic carbocycles. The van der Waals surface area contributed by atoms with Crippen LogP contribution < -0.4 is 4.74 Å². The highest BCUT2D eigenvalue weighted by Crippen LogP contribution is 2.30. The number of hydrogen-bond acceptors (Lipinski definition) is 3. The molecule has 0 heterocycles. The van der Waals surface area contributed by atoms with Gasteiger partial charge in [0, 0.05) is 5.02 Å². The predicted octanol–water partition coefficient (Wildman–Crippen LogP) is 3.59. The summed E-state index contributed by atoms with van der Waals surface area (Å²) in [5.74, 6) is 0.587. The van der Waals surface area contributed by atoms with Crippen LogP contribution in [-0.2, 0) is 0 Å². The molecule has 0 spiro atoms. The quantitative estimate of drug-likeness (QED) is 0.679. The van der Waals surface area contributed by atoms with E-state index in [1.807, 2.05) is 0 Å². The monoisotopic (exact) mass is 204 g/mol. The molecule has 0 amide bonds. The van der Waals surface area contributed by atoms with Crippen molar-refractivity contribution in [1.29, 1.82) is 0 Å². The third-order valence-corrected chi connectivity index (χ3v) is 1.60. The molecule has 0 aliphatic heterocycles. The topological polar surface area (TPSA) is 34.0 Å². The number of halogens is 2. The lowest BCUT2D eigenvalue weighted by molar-refractivity contribution is 0.416. The molecule has 12 heavy (non-hydrogen) atoms. The average molecular weight is 205 g/mol. The maximum Gasteiger partial charge on any atom is 0.146 e. The Morgan fingerprint density at radius 3 is 2.75 bits per heavy atom. The van der Waals surface area contributed by atoms with Crippen molar-refractivity contribution < 1.29 is 4.74 Å². The van der Waals surface area contributed by atoms with Crippen LogP contribution in [0, 0.1) is 0 Å². The molecule has 5 heteroatoms. The summed E-state index contributed by atoms with van der Waals surface area (Å²) in [6.45, 7) is 0. The highest BCUT2D eigenvalue weighted by Gasteiger charge is 2.01. The van der Waals surface area contributed by atoms with Crippen molar-refractivity contribution in [3.63, 3.8) is 0 Å². The van der Waals surface area contributed by atoms with Crippen molar-refractivity contribution in [3.05, 3.63) is 23.2 Å². The lowest BCUT2D eigenvalue weighted by Gasteiger charge is -2.01. The summed E-state index contributed by atoms with van der Waals surface area (Å²) in [5, 5.41) is 4.18. The van der Waals surface area contributed by atoms with Crippen molar-refractivity contribution in [2.75, 3.05) is 7.11 Å². The summed E-state index contributed by atoms with van der Waals surface area (Å²) < 4.78 is 8.10. The fourth-order valence-electron chi connectivity index (χ4n) is 0.782. The van der Waals surface area contributed by atoms with E-state index < -0.39 is 0 Å². The largest absolute Gasteiger partial charge is 0.494 e. The smallest absolute Gasteiger partial charge is 0.146 e. The molecule has 0 bridgehead atoms. The minimum absolute atomic E-state index is 0.514. The maximum absolute atomic E-state index is 5.71. The molecule has 0 atom stereocenters. The van der Waals surface area contributed by atoms with Crippen molar-refractivity contribution in [3.8, 4) is 5.75 Å². The summed E-state index contributed by atoms with van der Waals surface area (Å²) in [6.07, 6.45) is 0. The lowest BCUT2D eigenvalue weighted by atomic mass is 10.3. The van der Waals surface area contributed by atoms with E-state index in [1.54, 1.807) is 18.2 Å². The first-order chi connectivity index (χ1) is 5.77. The van der Waals surface area contributed by atoms with Gasteiger partial charge in [0.05, 0.1) is 18.9 Å². The number of nitrogens with zero attached hydrogens (tertiary/aromatic N) is 2. The van der Waals surface area contributed by atoms with Gasteiger partial charge in [0.1, 0.15) is 11.4 Å². The molecule has 0 unspecified atom stereocenters. The van der Waals surface area contributed by atoms with Crippen LogP contribution >= 0.6 is 23.4 Å². The zero-order valence-electron chi connectivity index (χ0n) is 6.29. The Morgan fingerprint density at radius 1 is 1.42 bits per heavy atom. The first-order valence-corrected chi connectivity index (χ1v) is 3.85. The van der Waals surface area contributed by atoms with Gasteiger partial charge in [-0.05, 0) is 18.2 Å². The standard InChI is InChI=1S/C7H6Cl2N2O/c1-12-7-3-2-5(8)4-6(7)10-11-9/h2-4H,1H3. The Morgan fingerprint density at radius 2 is 2.17 bits per heavy atom. The number of ether oxygens (including phenoxy) is 1. The first-order valence-electron chi connectivity index (χ1n) is 3.13. The van der Waals surface area contributed by atoms with E-state index in [0.29, 0.717) is 16.5 Å². The van der Waals surface area contributed by atoms with Crippen molar-refractivity contribution in [2.45, 2.75) is 0 Å². The van der Waals surface area contributed by atoms with Gasteiger partial charge in [-0.2, -0.15) is 0 Å². The molecule has 1 aromatic rings. The molecule has 1 rings (SSSR count). The first kappa shape index (κ1) is 9.29. The Kier molecular flexibility index (Phi) is 3.31. The molecular weight excluding hydrogens is 199 g/mol. The number of hydrogen-bond donors (Lipinski definition) is 0. The maximum atomic E-state index is 5.71. The van der Waals surface area contributed by atoms with Crippen molar-refractivity contribution in [1.82, 2.24) is 0 Å². The highest BCUT2D eigenvalue weighted by atomic mass is 35.5. The van der Waals surface area contributed by atoms with Crippen molar-refractivity contribution in [2.24, 2.45) is 9.75 Å². The third kappa shape index (κ3) is 2.09. The molecule has 0 aromatic heterocycles. The Balaban J connectivity index is 3.12. The van der Waals surface area contributed by atoms with Gasteiger partial charge >= 0.3 is 0 Å². The van der Waals surface area contributed by atoms with Gasteiger partial charge in [0.2, 0.25) is 0 Å². The van der Waals surface area contributed by atoms with E-state index in [1.165, 1.54) is 7.11 Å². The summed E-state index contributed by atoms with van der Waals surface area (Å²) >= 11 is 10.8. The second-order valence-electron chi connectivity index (χ2n) is 1.99. The minimum atomic E-state index is 0.514. The highest BCUT2D eigenvalue weighted by molar-refractivity contribution is 6.30. The Bertz CT molecular complexity index is 301. The van der Waals surface area contributed by atoms with Crippen LogP contribution in [0.15, 0.2) is 27.9 Å². The van der Waals surface area contributed by atoms with Crippen LogP contribution in [0.1, 0.15) is 0 Å². The summed E-state index contributed by atoms with van der Waals surface area (Å²) in [7, 11) is 1.54. The van der Waals surface area contributed by atoms with E-state index in [-0.39, 0.29) is 0 Å². The number of methoxy groups -OCH3 is 1. The molecule has 0 radical (unpaired) electrons. The zero-order chi connectivity index (χ0) is 8.97. The van der Waals surface area contributed by atoms with Gasteiger partial charge in [0.25, 0.3) is 0 Å². The summed E-state index contributed by atoms with van der Waals surface area (Å²) in [4.78, 5) is 0. The van der Waals surface area contributed by atoms with Gasteiger partial charge in [-0.3, -0.25) is 0 Å². The number of rotatable bonds is 2. The second-order valence-corrected chi connectivity index (χ2v) is 2.58. The molecule has 0 saturated carbocycles. The summed E-state index contributed by atoms with van der Waals surface area (Å²) in [5.41, 5.74) is 0.514. The van der Waals surface area contributed by atoms with Gasteiger partial charge < -0.3 is 4.74 Å². The van der Waals surface area contributed by atoms with E-state index in [2.05, 4.69) is 9.75 Å². The predicted molar refractivity (Wildman–Crippen MR) is 48.4 cm³/mol. The average Bonchev–Trinajstić information content (AvgIpc) is 2.05. The van der Waals surface area contributed by atoms with Gasteiger partial charge in [-0.15, -0.1) is 5.11 Å². The third-order valence-electron chi connectivity index (χ3n) is 1.29. The Labute approximate surface area is 80.1 Å². The molecule has 3 nitrogen and oxygen atoms in total. The lowest BCUT2D eigenvalue weighted by Crippen LogP contribution is -1.81. The molecule has 0 N–H and O–H groups in total. The fourth-order valence-corrected chi connectivity index (χ4v) is 1.03. The molecule has 0 fully saturated rings. The van der Waals surface area contributed by atoms with Crippen LogP contribution in [0.2, 0.25) is 5.02 Å². The van der Waals surface area contributed by atoms with Crippen LogP contribution in [0.25, 0.3) is 0 Å². The SMILES string of the molecule is COc1ccc(Cl)cc1N=NCl. The molecule has 64 valence electrons. The number of benzene rings is 1. The zero-order valence-corrected chi connectivity index (χ0v) is 7.80. The van der Waals surface area contributed by atoms with Gasteiger partial charge in [-0.1, -0.05) is 16.2 Å². The molecule has 0 aliphatic carbocycles. The van der Waals surface area contributed by atoms with Crippen LogP contribution in [0.3, 0.4) is 0 Å². The normalized spacial score (nSPS) is 10.6. The molecule has 0 saturated heterocycles. The fraction of sp³-hybridized carbons (Fsp3) is 0.143. The van der Waals surface area contributed by atoms with Crippen molar-refractivity contribution >= 4 is 29.1 Å². The Hall–Kier alpha value is -0.800. The minimum Gasteiger partial charge on any atom is -0.494 e. The van der Waals surface area contributed by atoms with Crippen LogP contribution in [-0.4, -0.2) is 7.11 Å². The van der Waals surface area contributed by atoms with Crippen LogP contribution in [0.5, 0.6) is 5.75 Å². The van der Waals surface area contributed by atoms with E-state index in [9.17, 15) is 0 Å². The van der Waals surface area contributed by atoms with Crippen LogP contribution in [0.4, 0.5) is 5.69 Å². The summed E-state index contributed by atoms with van der Waals surface area (Å²) in [6, 6.07) is 5.02. The van der Waals surface area contributed by atoms with E-state index in [0.717, 1.165) is 0 Å². The van der Waals surface area contributed by atoms with Gasteiger partial charge in [0.15, 0.2) is 0 Å². The molecular formula is C7H6Cl2N2O. The van der Waals surface area contributed by atoms with E-state index >= 15 is 0 Å².